The smallest absolute Gasteiger partial charge is 0.266 e. The minimum absolute atomic E-state index is 0.0834. The number of amides is 1. The zero-order valence-corrected chi connectivity index (χ0v) is 14.0. The number of carbonyl (C=O) groups is 1. The summed E-state index contributed by atoms with van der Waals surface area (Å²) in [6, 6.07) is 0. The van der Waals surface area contributed by atoms with Crippen molar-refractivity contribution in [3.05, 3.63) is 28.2 Å². The first-order valence-electron chi connectivity index (χ1n) is 8.21. The summed E-state index contributed by atoms with van der Waals surface area (Å²) >= 11 is 0. The Morgan fingerprint density at radius 2 is 2.00 bits per heavy atom. The largest absolute Gasteiger partial charge is 0.343 e. The van der Waals surface area contributed by atoms with Crippen LogP contribution in [0.5, 0.6) is 0 Å². The van der Waals surface area contributed by atoms with Gasteiger partial charge in [-0.3, -0.25) is 14.2 Å². The lowest BCUT2D eigenvalue weighted by Crippen LogP contribution is -2.37. The standard InChI is InChI=1S/C16H21N5O3/c1-11-18-15(24-19-11)13-10-17-12(2)21(16(13)23)9-6-14(22)20-7-4-3-5-8-20/h10H,3-9H2,1-2H3. The van der Waals surface area contributed by atoms with Gasteiger partial charge in [0.25, 0.3) is 11.4 Å². The van der Waals surface area contributed by atoms with Gasteiger partial charge in [0.05, 0.1) is 0 Å². The number of aromatic nitrogens is 4. The fraction of sp³-hybridized carbons (Fsp3) is 0.562. The number of piperidine rings is 1. The molecule has 0 unspecified atom stereocenters. The van der Waals surface area contributed by atoms with Crippen LogP contribution in [0.25, 0.3) is 11.5 Å². The van der Waals surface area contributed by atoms with E-state index in [1.807, 2.05) is 4.90 Å². The van der Waals surface area contributed by atoms with Crippen LogP contribution in [0.4, 0.5) is 0 Å². The Morgan fingerprint density at radius 3 is 2.67 bits per heavy atom. The molecule has 8 heteroatoms. The van der Waals surface area contributed by atoms with E-state index < -0.39 is 0 Å². The Balaban J connectivity index is 1.77. The van der Waals surface area contributed by atoms with E-state index >= 15 is 0 Å². The molecule has 0 N–H and O–H groups in total. The van der Waals surface area contributed by atoms with E-state index in [0.29, 0.717) is 18.2 Å². The first kappa shape index (κ1) is 16.4. The molecular weight excluding hydrogens is 310 g/mol. The van der Waals surface area contributed by atoms with Gasteiger partial charge in [-0.2, -0.15) is 4.98 Å². The Bertz CT molecular complexity index is 789. The van der Waals surface area contributed by atoms with Crippen LogP contribution in [0.3, 0.4) is 0 Å². The van der Waals surface area contributed by atoms with Crippen LogP contribution in [0, 0.1) is 13.8 Å². The number of hydrogen-bond donors (Lipinski definition) is 0. The molecule has 0 spiro atoms. The number of carbonyl (C=O) groups excluding carboxylic acids is 1. The minimum Gasteiger partial charge on any atom is -0.343 e. The van der Waals surface area contributed by atoms with E-state index in [9.17, 15) is 9.59 Å². The summed E-state index contributed by atoms with van der Waals surface area (Å²) in [6.07, 6.45) is 5.01. The first-order valence-corrected chi connectivity index (χ1v) is 8.21. The van der Waals surface area contributed by atoms with Crippen molar-refractivity contribution in [3.8, 4) is 11.5 Å². The van der Waals surface area contributed by atoms with Crippen LogP contribution in [-0.4, -0.2) is 43.6 Å². The highest BCUT2D eigenvalue weighted by Gasteiger charge is 2.19. The van der Waals surface area contributed by atoms with Crippen molar-refractivity contribution in [2.75, 3.05) is 13.1 Å². The third-order valence-corrected chi connectivity index (χ3v) is 4.26. The highest BCUT2D eigenvalue weighted by Crippen LogP contribution is 2.13. The lowest BCUT2D eigenvalue weighted by Gasteiger charge is -2.26. The summed E-state index contributed by atoms with van der Waals surface area (Å²) < 4.78 is 6.55. The van der Waals surface area contributed by atoms with Gasteiger partial charge >= 0.3 is 0 Å². The molecule has 0 aromatic carbocycles. The van der Waals surface area contributed by atoms with Gasteiger partial charge in [0.1, 0.15) is 11.4 Å². The maximum absolute atomic E-state index is 12.7. The molecule has 8 nitrogen and oxygen atoms in total. The quantitative estimate of drug-likeness (QED) is 0.838. The van der Waals surface area contributed by atoms with Crippen molar-refractivity contribution < 1.29 is 9.32 Å². The molecule has 2 aromatic heterocycles. The molecule has 1 aliphatic rings. The van der Waals surface area contributed by atoms with Crippen LogP contribution < -0.4 is 5.56 Å². The van der Waals surface area contributed by atoms with Gasteiger partial charge in [0.15, 0.2) is 5.82 Å². The number of aryl methyl sites for hydroxylation is 2. The lowest BCUT2D eigenvalue weighted by molar-refractivity contribution is -0.132. The normalized spacial score (nSPS) is 14.8. The zero-order valence-electron chi connectivity index (χ0n) is 14.0. The molecule has 1 aliphatic heterocycles. The average Bonchev–Trinajstić information content (AvgIpc) is 3.01. The molecule has 1 amide bonds. The van der Waals surface area contributed by atoms with Gasteiger partial charge in [-0.25, -0.2) is 4.98 Å². The number of likely N-dealkylation sites (tertiary alicyclic amines) is 1. The number of nitrogens with zero attached hydrogens (tertiary/aromatic N) is 5. The van der Waals surface area contributed by atoms with Crippen molar-refractivity contribution in [3.63, 3.8) is 0 Å². The van der Waals surface area contributed by atoms with E-state index in [2.05, 4.69) is 15.1 Å². The van der Waals surface area contributed by atoms with Crippen LogP contribution >= 0.6 is 0 Å². The summed E-state index contributed by atoms with van der Waals surface area (Å²) in [5, 5.41) is 3.70. The Labute approximate surface area is 139 Å². The predicted molar refractivity (Wildman–Crippen MR) is 86.3 cm³/mol. The fourth-order valence-electron chi connectivity index (χ4n) is 2.90. The summed E-state index contributed by atoms with van der Waals surface area (Å²) in [7, 11) is 0. The second kappa shape index (κ2) is 6.94. The van der Waals surface area contributed by atoms with Crippen molar-refractivity contribution in [1.29, 1.82) is 0 Å². The summed E-state index contributed by atoms with van der Waals surface area (Å²) in [5.41, 5.74) is -0.00999. The van der Waals surface area contributed by atoms with E-state index in [0.717, 1.165) is 25.9 Å². The number of hydrogen-bond acceptors (Lipinski definition) is 6. The predicted octanol–water partition coefficient (Wildman–Crippen LogP) is 1.31. The van der Waals surface area contributed by atoms with Crippen molar-refractivity contribution in [1.82, 2.24) is 24.6 Å². The molecule has 2 aromatic rings. The Morgan fingerprint density at radius 1 is 1.25 bits per heavy atom. The molecule has 3 rings (SSSR count). The molecule has 0 radical (unpaired) electrons. The summed E-state index contributed by atoms with van der Waals surface area (Å²) in [6.45, 7) is 5.35. The zero-order chi connectivity index (χ0) is 17.1. The second-order valence-electron chi connectivity index (χ2n) is 6.01. The molecule has 1 saturated heterocycles. The Kier molecular flexibility index (Phi) is 4.73. The molecular formula is C16H21N5O3. The van der Waals surface area contributed by atoms with Gasteiger partial charge in [-0.05, 0) is 33.1 Å². The lowest BCUT2D eigenvalue weighted by atomic mass is 10.1. The maximum Gasteiger partial charge on any atom is 0.266 e. The summed E-state index contributed by atoms with van der Waals surface area (Å²) in [4.78, 5) is 35.1. The molecule has 1 fully saturated rings. The molecule has 3 heterocycles. The molecule has 128 valence electrons. The van der Waals surface area contributed by atoms with Gasteiger partial charge in [0.2, 0.25) is 5.91 Å². The van der Waals surface area contributed by atoms with Crippen LogP contribution in [0.2, 0.25) is 0 Å². The van der Waals surface area contributed by atoms with Crippen LogP contribution in [0.15, 0.2) is 15.5 Å². The van der Waals surface area contributed by atoms with Gasteiger partial charge in [0, 0.05) is 32.3 Å². The molecule has 24 heavy (non-hydrogen) atoms. The molecule has 0 saturated carbocycles. The average molecular weight is 331 g/mol. The minimum atomic E-state index is -0.266. The van der Waals surface area contributed by atoms with E-state index in [1.165, 1.54) is 17.2 Å². The van der Waals surface area contributed by atoms with E-state index in [4.69, 9.17) is 4.52 Å². The molecule has 0 bridgehead atoms. The van der Waals surface area contributed by atoms with Crippen LogP contribution in [-0.2, 0) is 11.3 Å². The summed E-state index contributed by atoms with van der Waals surface area (Å²) in [5.74, 6) is 1.25. The third kappa shape index (κ3) is 3.37. The number of rotatable bonds is 4. The fourth-order valence-corrected chi connectivity index (χ4v) is 2.90. The second-order valence-corrected chi connectivity index (χ2v) is 6.01. The van der Waals surface area contributed by atoms with Crippen LogP contribution in [0.1, 0.15) is 37.3 Å². The van der Waals surface area contributed by atoms with Crippen molar-refractivity contribution in [2.24, 2.45) is 0 Å². The monoisotopic (exact) mass is 331 g/mol. The highest BCUT2D eigenvalue weighted by atomic mass is 16.5. The maximum atomic E-state index is 12.7. The van der Waals surface area contributed by atoms with E-state index in [-0.39, 0.29) is 29.3 Å². The first-order chi connectivity index (χ1) is 11.6. The third-order valence-electron chi connectivity index (χ3n) is 4.26. The SMILES string of the molecule is Cc1noc(-c2cnc(C)n(CCC(=O)N3CCCCC3)c2=O)n1. The molecule has 0 atom stereocenters. The van der Waals surface area contributed by atoms with Gasteiger partial charge < -0.3 is 9.42 Å². The van der Waals surface area contributed by atoms with Gasteiger partial charge in [-0.15, -0.1) is 0 Å². The molecule has 0 aliphatic carbocycles. The van der Waals surface area contributed by atoms with E-state index in [1.54, 1.807) is 13.8 Å². The van der Waals surface area contributed by atoms with Gasteiger partial charge in [-0.1, -0.05) is 5.16 Å². The Hall–Kier alpha value is -2.51. The van der Waals surface area contributed by atoms with Crippen molar-refractivity contribution >= 4 is 5.91 Å². The van der Waals surface area contributed by atoms with Crippen molar-refractivity contribution in [2.45, 2.75) is 46.1 Å². The highest BCUT2D eigenvalue weighted by molar-refractivity contribution is 5.76. The topological polar surface area (TPSA) is 94.1 Å².